The van der Waals surface area contributed by atoms with Crippen LogP contribution in [0.2, 0.25) is 0 Å². The Kier molecular flexibility index (Phi) is 4.67. The number of thioether (sulfide) groups is 1. The fourth-order valence-electron chi connectivity index (χ4n) is 4.25. The number of nitrogens with zero attached hydrogens (tertiary/aromatic N) is 5. The molecule has 3 heterocycles. The third kappa shape index (κ3) is 3.52. The highest BCUT2D eigenvalue weighted by atomic mass is 32.2. The van der Waals surface area contributed by atoms with Crippen LogP contribution in [0.1, 0.15) is 43.5 Å². The lowest BCUT2D eigenvalue weighted by Gasteiger charge is -2.41. The van der Waals surface area contributed by atoms with Crippen LogP contribution in [0.5, 0.6) is 0 Å². The normalized spacial score (nSPS) is 23.7. The molecule has 4 rings (SSSR count). The number of hydrogen-bond donors (Lipinski definition) is 0. The van der Waals surface area contributed by atoms with E-state index in [1.54, 1.807) is 4.52 Å². The number of amides is 1. The first-order chi connectivity index (χ1) is 12.1. The van der Waals surface area contributed by atoms with Gasteiger partial charge in [-0.1, -0.05) is 31.0 Å². The van der Waals surface area contributed by atoms with Crippen LogP contribution < -0.4 is 0 Å². The average molecular weight is 359 g/mol. The Balaban J connectivity index is 1.38. The molecule has 2 fully saturated rings. The van der Waals surface area contributed by atoms with Crippen molar-refractivity contribution in [3.05, 3.63) is 17.5 Å². The highest BCUT2D eigenvalue weighted by molar-refractivity contribution is 7.99. The summed E-state index contributed by atoms with van der Waals surface area (Å²) in [5.41, 5.74) is 1.94. The van der Waals surface area contributed by atoms with Crippen LogP contribution >= 0.6 is 11.8 Å². The zero-order chi connectivity index (χ0) is 17.4. The van der Waals surface area contributed by atoms with Crippen molar-refractivity contribution in [1.82, 2.24) is 24.5 Å². The topological polar surface area (TPSA) is 63.4 Å². The number of rotatable bonds is 3. The Morgan fingerprint density at radius 2 is 2.00 bits per heavy atom. The van der Waals surface area contributed by atoms with Crippen LogP contribution in [-0.4, -0.2) is 49.2 Å². The van der Waals surface area contributed by atoms with Crippen LogP contribution in [0.25, 0.3) is 5.78 Å². The summed E-state index contributed by atoms with van der Waals surface area (Å²) in [4.78, 5) is 23.5. The van der Waals surface area contributed by atoms with E-state index in [9.17, 15) is 4.79 Å². The van der Waals surface area contributed by atoms with Gasteiger partial charge in [0, 0.05) is 24.5 Å². The molecule has 1 saturated carbocycles. The third-order valence-electron chi connectivity index (χ3n) is 5.57. The molecule has 1 saturated heterocycles. The van der Waals surface area contributed by atoms with E-state index in [-0.39, 0.29) is 5.91 Å². The Labute approximate surface area is 152 Å². The van der Waals surface area contributed by atoms with Crippen LogP contribution in [0, 0.1) is 25.7 Å². The van der Waals surface area contributed by atoms with Gasteiger partial charge in [0.25, 0.3) is 5.78 Å². The van der Waals surface area contributed by atoms with Crippen molar-refractivity contribution >= 4 is 23.4 Å². The number of likely N-dealkylation sites (tertiary alicyclic amines) is 1. The van der Waals surface area contributed by atoms with E-state index in [1.165, 1.54) is 43.9 Å². The van der Waals surface area contributed by atoms with E-state index in [2.05, 4.69) is 20.0 Å². The molecule has 2 atom stereocenters. The maximum atomic E-state index is 12.6. The molecular formula is C18H25N5OS. The van der Waals surface area contributed by atoms with Gasteiger partial charge in [-0.25, -0.2) is 9.50 Å². The molecule has 1 aliphatic carbocycles. The summed E-state index contributed by atoms with van der Waals surface area (Å²) < 4.78 is 1.74. The van der Waals surface area contributed by atoms with Gasteiger partial charge in [-0.05, 0) is 44.6 Å². The van der Waals surface area contributed by atoms with Gasteiger partial charge in [0.15, 0.2) is 0 Å². The number of aryl methyl sites for hydroxylation is 2. The van der Waals surface area contributed by atoms with Crippen molar-refractivity contribution in [3.8, 4) is 0 Å². The Bertz CT molecular complexity index is 789. The van der Waals surface area contributed by atoms with Gasteiger partial charge in [-0.15, -0.1) is 5.10 Å². The summed E-state index contributed by atoms with van der Waals surface area (Å²) in [6.45, 7) is 5.80. The maximum Gasteiger partial charge on any atom is 0.253 e. The lowest BCUT2D eigenvalue weighted by atomic mass is 9.75. The first-order valence-corrected chi connectivity index (χ1v) is 10.2. The Hall–Kier alpha value is -1.63. The molecule has 0 aromatic carbocycles. The van der Waals surface area contributed by atoms with Crippen molar-refractivity contribution in [3.63, 3.8) is 0 Å². The van der Waals surface area contributed by atoms with Crippen molar-refractivity contribution in [2.24, 2.45) is 11.8 Å². The molecule has 0 unspecified atom stereocenters. The fourth-order valence-corrected chi connectivity index (χ4v) is 4.97. The van der Waals surface area contributed by atoms with Gasteiger partial charge in [0.05, 0.1) is 5.75 Å². The van der Waals surface area contributed by atoms with Crippen molar-refractivity contribution in [2.45, 2.75) is 51.1 Å². The maximum absolute atomic E-state index is 12.6. The smallest absolute Gasteiger partial charge is 0.253 e. The number of carbonyl (C=O) groups excluding carboxylic acids is 1. The van der Waals surface area contributed by atoms with E-state index in [1.807, 2.05) is 19.9 Å². The number of hydrogen-bond acceptors (Lipinski definition) is 5. The van der Waals surface area contributed by atoms with Gasteiger partial charge in [-0.2, -0.15) is 4.98 Å². The quantitative estimate of drug-likeness (QED) is 0.789. The summed E-state index contributed by atoms with van der Waals surface area (Å²) in [6, 6.07) is 1.98. The van der Waals surface area contributed by atoms with Crippen molar-refractivity contribution in [1.29, 1.82) is 0 Å². The summed E-state index contributed by atoms with van der Waals surface area (Å²) >= 11 is 1.42. The van der Waals surface area contributed by atoms with E-state index >= 15 is 0 Å². The molecule has 2 aliphatic rings. The zero-order valence-electron chi connectivity index (χ0n) is 14.9. The lowest BCUT2D eigenvalue weighted by Crippen LogP contribution is -2.45. The predicted molar refractivity (Wildman–Crippen MR) is 97.6 cm³/mol. The first kappa shape index (κ1) is 16.8. The van der Waals surface area contributed by atoms with E-state index in [0.29, 0.717) is 16.7 Å². The first-order valence-electron chi connectivity index (χ1n) is 9.22. The van der Waals surface area contributed by atoms with Gasteiger partial charge >= 0.3 is 0 Å². The summed E-state index contributed by atoms with van der Waals surface area (Å²) in [5, 5.41) is 5.10. The van der Waals surface area contributed by atoms with Gasteiger partial charge in [-0.3, -0.25) is 4.79 Å². The van der Waals surface area contributed by atoms with Crippen LogP contribution in [-0.2, 0) is 4.79 Å². The largest absolute Gasteiger partial charge is 0.342 e. The second-order valence-electron chi connectivity index (χ2n) is 7.37. The minimum absolute atomic E-state index is 0.216. The van der Waals surface area contributed by atoms with Crippen molar-refractivity contribution in [2.75, 3.05) is 18.8 Å². The predicted octanol–water partition coefficient (Wildman–Crippen LogP) is 2.87. The summed E-state index contributed by atoms with van der Waals surface area (Å²) in [7, 11) is 0. The fraction of sp³-hybridized carbons (Fsp3) is 0.667. The molecule has 0 N–H and O–H groups in total. The second kappa shape index (κ2) is 6.94. The van der Waals surface area contributed by atoms with E-state index < -0.39 is 0 Å². The number of fused-ring (bicyclic) bond motifs is 2. The van der Waals surface area contributed by atoms with Gasteiger partial charge in [0.2, 0.25) is 11.1 Å². The molecule has 2 aromatic heterocycles. The third-order valence-corrected chi connectivity index (χ3v) is 6.39. The number of aromatic nitrogens is 4. The van der Waals surface area contributed by atoms with Crippen LogP contribution in [0.15, 0.2) is 11.2 Å². The molecule has 25 heavy (non-hydrogen) atoms. The molecular weight excluding hydrogens is 334 g/mol. The molecule has 1 amide bonds. The molecule has 0 radical (unpaired) electrons. The number of piperidine rings is 1. The molecule has 0 spiro atoms. The minimum atomic E-state index is 0.216. The minimum Gasteiger partial charge on any atom is -0.342 e. The molecule has 6 nitrogen and oxygen atoms in total. The van der Waals surface area contributed by atoms with E-state index in [4.69, 9.17) is 0 Å². The molecule has 2 aromatic rings. The highest BCUT2D eigenvalue weighted by Gasteiger charge is 2.32. The van der Waals surface area contributed by atoms with Gasteiger partial charge in [0.1, 0.15) is 0 Å². The zero-order valence-corrected chi connectivity index (χ0v) is 15.8. The van der Waals surface area contributed by atoms with Crippen LogP contribution in [0.3, 0.4) is 0 Å². The molecule has 7 heteroatoms. The summed E-state index contributed by atoms with van der Waals surface area (Å²) in [6.07, 6.45) is 6.53. The lowest BCUT2D eigenvalue weighted by molar-refractivity contribution is -0.131. The van der Waals surface area contributed by atoms with Crippen LogP contribution in [0.4, 0.5) is 0 Å². The summed E-state index contributed by atoms with van der Waals surface area (Å²) in [5.74, 6) is 2.80. The van der Waals surface area contributed by atoms with Gasteiger partial charge < -0.3 is 4.90 Å². The SMILES string of the molecule is Cc1cc(C)n2nc(SCC(=O)N3CC[C@@H]4CCCC[C@H]4C3)nc2n1. The Morgan fingerprint density at radius 1 is 1.20 bits per heavy atom. The molecule has 0 bridgehead atoms. The van der Waals surface area contributed by atoms with Crippen molar-refractivity contribution < 1.29 is 4.79 Å². The second-order valence-corrected chi connectivity index (χ2v) is 8.31. The molecule has 134 valence electrons. The standard InChI is InChI=1S/C18H25N5OS/c1-12-9-13(2)23-17(19-12)20-18(21-23)25-11-16(24)22-8-7-14-5-3-4-6-15(14)10-22/h9,14-15H,3-8,10-11H2,1-2H3/t14-,15-/m0/s1. The number of carbonyl (C=O) groups is 1. The van der Waals surface area contributed by atoms with E-state index in [0.717, 1.165) is 36.3 Å². The average Bonchev–Trinajstić information content (AvgIpc) is 3.02. The Morgan fingerprint density at radius 3 is 2.84 bits per heavy atom. The molecule has 1 aliphatic heterocycles. The highest BCUT2D eigenvalue weighted by Crippen LogP contribution is 2.36. The monoisotopic (exact) mass is 359 g/mol.